The summed E-state index contributed by atoms with van der Waals surface area (Å²) in [6.07, 6.45) is 0.327. The number of aliphatic hydroxyl groups is 6. The fraction of sp³-hybridized carbons (Fsp3) is 0.962. The van der Waals surface area contributed by atoms with Crippen LogP contribution in [0.4, 0.5) is 0 Å². The molecule has 9 heteroatoms. The third kappa shape index (κ3) is 3.64. The summed E-state index contributed by atoms with van der Waals surface area (Å²) in [7, 11) is 0. The van der Waals surface area contributed by atoms with Crippen molar-refractivity contribution in [2.75, 3.05) is 13.2 Å². The van der Waals surface area contributed by atoms with Crippen molar-refractivity contribution < 1.29 is 44.9 Å². The number of hydrogen-bond donors (Lipinski definition) is 6. The topological polar surface area (TPSA) is 157 Å². The Morgan fingerprint density at radius 3 is 2.40 bits per heavy atom. The molecule has 4 saturated carbocycles. The summed E-state index contributed by atoms with van der Waals surface area (Å²) in [5.74, 6) is 0.0529. The molecule has 1 spiro atoms. The van der Waals surface area contributed by atoms with E-state index in [9.17, 15) is 35.4 Å². The molecule has 0 unspecified atom stereocenters. The van der Waals surface area contributed by atoms with E-state index in [4.69, 9.17) is 9.47 Å². The first-order chi connectivity index (χ1) is 16.4. The Labute approximate surface area is 206 Å². The molecule has 1 aliphatic heterocycles. The quantitative estimate of drug-likeness (QED) is 0.303. The van der Waals surface area contributed by atoms with E-state index in [2.05, 4.69) is 6.92 Å². The predicted octanol–water partition coefficient (Wildman–Crippen LogP) is 0.466. The second-order valence-corrected chi connectivity index (χ2v) is 12.8. The van der Waals surface area contributed by atoms with Gasteiger partial charge >= 0.3 is 5.97 Å². The Kier molecular flexibility index (Phi) is 6.35. The van der Waals surface area contributed by atoms with Crippen LogP contribution in [0.5, 0.6) is 0 Å². The summed E-state index contributed by atoms with van der Waals surface area (Å²) in [5.41, 5.74) is -1.94. The van der Waals surface area contributed by atoms with Crippen molar-refractivity contribution >= 4 is 5.97 Å². The number of rotatable bonds is 4. The number of aliphatic hydroxyl groups excluding tert-OH is 5. The van der Waals surface area contributed by atoms with Gasteiger partial charge in [-0.25, -0.2) is 0 Å². The molecule has 1 heterocycles. The molecule has 0 aromatic rings. The van der Waals surface area contributed by atoms with Crippen molar-refractivity contribution in [1.82, 2.24) is 0 Å². The zero-order valence-electron chi connectivity index (χ0n) is 20.8. The zero-order valence-corrected chi connectivity index (χ0v) is 20.8. The minimum Gasteiger partial charge on any atom is -0.432 e. The number of ether oxygens (including phenoxy) is 2. The maximum absolute atomic E-state index is 13.7. The van der Waals surface area contributed by atoms with Crippen molar-refractivity contribution in [3.63, 3.8) is 0 Å². The minimum absolute atomic E-state index is 0.00886. The maximum Gasteiger partial charge on any atom is 0.314 e. The average molecular weight is 499 g/mol. The van der Waals surface area contributed by atoms with Gasteiger partial charge in [0, 0.05) is 0 Å². The van der Waals surface area contributed by atoms with Gasteiger partial charge in [0.25, 0.3) is 0 Å². The summed E-state index contributed by atoms with van der Waals surface area (Å²) >= 11 is 0. The molecule has 0 amide bonds. The molecule has 5 aliphatic rings. The molecule has 1 saturated heterocycles. The van der Waals surface area contributed by atoms with Crippen molar-refractivity contribution in [1.29, 1.82) is 0 Å². The van der Waals surface area contributed by atoms with Gasteiger partial charge in [-0.15, -0.1) is 0 Å². The number of esters is 1. The highest BCUT2D eigenvalue weighted by Crippen LogP contribution is 2.73. The molecule has 0 radical (unpaired) electrons. The van der Waals surface area contributed by atoms with Gasteiger partial charge in [-0.1, -0.05) is 13.3 Å². The number of carbonyl (C=O) groups is 1. The van der Waals surface area contributed by atoms with Gasteiger partial charge in [0.1, 0.15) is 24.4 Å². The first-order valence-electron chi connectivity index (χ1n) is 13.3. The van der Waals surface area contributed by atoms with E-state index in [0.717, 1.165) is 44.9 Å². The fourth-order valence-electron chi connectivity index (χ4n) is 9.46. The lowest BCUT2D eigenvalue weighted by molar-refractivity contribution is -0.298. The number of carbonyl (C=O) groups excluding carboxylic acids is 1. The summed E-state index contributed by atoms with van der Waals surface area (Å²) in [6.45, 7) is 3.44. The lowest BCUT2D eigenvalue weighted by atomic mass is 9.41. The van der Waals surface area contributed by atoms with E-state index in [1.807, 2.05) is 6.92 Å². The average Bonchev–Trinajstić information content (AvgIpc) is 3.04. The van der Waals surface area contributed by atoms with Crippen LogP contribution in [0.2, 0.25) is 0 Å². The van der Waals surface area contributed by atoms with Crippen molar-refractivity contribution in [3.8, 4) is 0 Å². The summed E-state index contributed by atoms with van der Waals surface area (Å²) in [6, 6.07) is 0. The molecular formula is C26H42O9. The van der Waals surface area contributed by atoms with Crippen LogP contribution in [0.1, 0.15) is 71.6 Å². The molecule has 4 aliphatic carbocycles. The Hall–Kier alpha value is -0.810. The first-order valence-corrected chi connectivity index (χ1v) is 13.3. The van der Waals surface area contributed by atoms with Crippen LogP contribution >= 0.6 is 0 Å². The van der Waals surface area contributed by atoms with E-state index < -0.39 is 54.3 Å². The largest absolute Gasteiger partial charge is 0.432 e. The lowest BCUT2D eigenvalue weighted by Crippen LogP contribution is -2.61. The van der Waals surface area contributed by atoms with Crippen LogP contribution in [-0.2, 0) is 14.3 Å². The van der Waals surface area contributed by atoms with E-state index >= 15 is 0 Å². The highest BCUT2D eigenvalue weighted by Gasteiger charge is 2.68. The Balaban J connectivity index is 1.38. The molecule has 12 atom stereocenters. The second kappa shape index (κ2) is 8.61. The van der Waals surface area contributed by atoms with Gasteiger partial charge in [-0.2, -0.15) is 0 Å². The van der Waals surface area contributed by atoms with E-state index in [-0.39, 0.29) is 29.3 Å². The van der Waals surface area contributed by atoms with Gasteiger partial charge in [-0.05, 0) is 86.9 Å². The molecule has 0 aromatic carbocycles. The summed E-state index contributed by atoms with van der Waals surface area (Å²) in [5, 5.41) is 61.1. The van der Waals surface area contributed by atoms with E-state index in [0.29, 0.717) is 18.8 Å². The summed E-state index contributed by atoms with van der Waals surface area (Å²) < 4.78 is 11.1. The highest BCUT2D eigenvalue weighted by atomic mass is 16.7. The second-order valence-electron chi connectivity index (χ2n) is 12.8. The van der Waals surface area contributed by atoms with Crippen LogP contribution in [0.15, 0.2) is 0 Å². The molecule has 6 N–H and O–H groups in total. The lowest BCUT2D eigenvalue weighted by Gasteiger charge is -2.63. The monoisotopic (exact) mass is 498 g/mol. The number of fused-ring (bicyclic) bond motifs is 3. The van der Waals surface area contributed by atoms with Gasteiger partial charge in [0.05, 0.1) is 24.2 Å². The first kappa shape index (κ1) is 25.8. The van der Waals surface area contributed by atoms with Crippen LogP contribution in [0.25, 0.3) is 0 Å². The third-order valence-electron chi connectivity index (χ3n) is 11.1. The molecule has 2 bridgehead atoms. The standard InChI is InChI=1S/C26H42O9/c1-23-7-3-8-24(2,22(32)35-21-20(31)19(30)18(29)15(11-27)34-21)16(23)6-9-25-10-14(4-5-17(23)25)26(33,12-25)13-28/h14-21,27-31,33H,3-13H2,1-2H3/t14-,15+,16-,17-,18+,19-,20+,21-,23+,24+,25-,26-/m0/s1. The molecule has 35 heavy (non-hydrogen) atoms. The molecule has 200 valence electrons. The SMILES string of the molecule is C[C@@]12CCC[C@@](C)(C(=O)O[C@@H]3O[C@H](CO)[C@@H](O)[C@H](O)[C@H]3O)[C@H]1CC[C@@]13C[C@H](CC[C@H]12)[C@@](O)(CO)C3. The number of hydrogen-bond acceptors (Lipinski definition) is 9. The van der Waals surface area contributed by atoms with E-state index in [1.165, 1.54) is 0 Å². The van der Waals surface area contributed by atoms with Gasteiger partial charge < -0.3 is 40.1 Å². The zero-order chi connectivity index (χ0) is 25.4. The van der Waals surface area contributed by atoms with E-state index in [1.54, 1.807) is 0 Å². The van der Waals surface area contributed by atoms with Gasteiger partial charge in [-0.3, -0.25) is 4.79 Å². The fourth-order valence-corrected chi connectivity index (χ4v) is 9.46. The van der Waals surface area contributed by atoms with Crippen molar-refractivity contribution in [3.05, 3.63) is 0 Å². The van der Waals surface area contributed by atoms with Crippen molar-refractivity contribution in [2.24, 2.45) is 34.0 Å². The molecule has 9 nitrogen and oxygen atoms in total. The van der Waals surface area contributed by atoms with Gasteiger partial charge in [0.15, 0.2) is 0 Å². The third-order valence-corrected chi connectivity index (χ3v) is 11.1. The molecular weight excluding hydrogens is 456 g/mol. The van der Waals surface area contributed by atoms with Crippen LogP contribution < -0.4 is 0 Å². The Morgan fingerprint density at radius 2 is 1.71 bits per heavy atom. The van der Waals surface area contributed by atoms with Crippen LogP contribution in [0, 0.1) is 34.0 Å². The van der Waals surface area contributed by atoms with Crippen LogP contribution in [0.3, 0.4) is 0 Å². The summed E-state index contributed by atoms with van der Waals surface area (Å²) in [4.78, 5) is 13.7. The Bertz CT molecular complexity index is 836. The normalized spacial score (nSPS) is 55.7. The Morgan fingerprint density at radius 1 is 0.971 bits per heavy atom. The molecule has 5 rings (SSSR count). The maximum atomic E-state index is 13.7. The van der Waals surface area contributed by atoms with Gasteiger partial charge in [0.2, 0.25) is 6.29 Å². The highest BCUT2D eigenvalue weighted by molar-refractivity contribution is 5.77. The molecule has 5 fully saturated rings. The molecule has 0 aromatic heterocycles. The smallest absolute Gasteiger partial charge is 0.314 e. The predicted molar refractivity (Wildman–Crippen MR) is 123 cm³/mol. The minimum atomic E-state index is -1.62. The van der Waals surface area contributed by atoms with Crippen LogP contribution in [-0.4, -0.2) is 86.1 Å². The van der Waals surface area contributed by atoms with Crippen molar-refractivity contribution in [2.45, 2.75) is 108 Å².